The summed E-state index contributed by atoms with van der Waals surface area (Å²) in [6, 6.07) is 9.23. The van der Waals surface area contributed by atoms with Gasteiger partial charge in [0, 0.05) is 25.8 Å². The topological polar surface area (TPSA) is 124 Å². The van der Waals surface area contributed by atoms with E-state index in [4.69, 9.17) is 5.73 Å². The number of nitrogens with zero attached hydrogens (tertiary/aromatic N) is 5. The average molecular weight is 501 g/mol. The van der Waals surface area contributed by atoms with E-state index in [9.17, 15) is 13.2 Å². The van der Waals surface area contributed by atoms with Gasteiger partial charge in [0.25, 0.3) is 10.0 Å². The van der Waals surface area contributed by atoms with Gasteiger partial charge in [-0.25, -0.2) is 32.2 Å². The van der Waals surface area contributed by atoms with Crippen LogP contribution in [0.15, 0.2) is 47.8 Å². The van der Waals surface area contributed by atoms with Crippen molar-refractivity contribution in [2.24, 2.45) is 11.7 Å². The number of hydrazine groups is 1. The highest BCUT2D eigenvalue weighted by Gasteiger charge is 2.48. The summed E-state index contributed by atoms with van der Waals surface area (Å²) in [6.45, 7) is 8.23. The van der Waals surface area contributed by atoms with Crippen molar-refractivity contribution < 1.29 is 17.9 Å². The van der Waals surface area contributed by atoms with Crippen molar-refractivity contribution in [3.63, 3.8) is 0 Å². The van der Waals surface area contributed by atoms with Crippen LogP contribution in [0.5, 0.6) is 0 Å². The highest BCUT2D eigenvalue weighted by molar-refractivity contribution is 7.90. The second-order valence-electron chi connectivity index (χ2n) is 9.94. The summed E-state index contributed by atoms with van der Waals surface area (Å²) in [5, 5.41) is 5.13. The Hall–Kier alpha value is -3.18. The zero-order valence-electron chi connectivity index (χ0n) is 20.7. The maximum atomic E-state index is 13.1. The highest BCUT2D eigenvalue weighted by atomic mass is 32.2. The first-order chi connectivity index (χ1) is 16.4. The molecule has 1 aromatic carbocycles. The van der Waals surface area contributed by atoms with E-state index in [1.54, 1.807) is 57.3 Å². The van der Waals surface area contributed by atoms with Crippen LogP contribution in [-0.4, -0.2) is 58.7 Å². The Bertz CT molecular complexity index is 1330. The maximum absolute atomic E-state index is 13.1. The molecule has 1 aliphatic carbocycles. The van der Waals surface area contributed by atoms with Gasteiger partial charge in [0.1, 0.15) is 11.9 Å². The maximum Gasteiger partial charge on any atom is 0.405 e. The van der Waals surface area contributed by atoms with Crippen molar-refractivity contribution in [2.45, 2.75) is 57.1 Å². The van der Waals surface area contributed by atoms with E-state index < -0.39 is 21.7 Å². The number of fused-ring (bicyclic) bond motifs is 2. The van der Waals surface area contributed by atoms with Crippen LogP contribution < -0.4 is 10.7 Å². The molecule has 1 saturated heterocycles. The van der Waals surface area contributed by atoms with Gasteiger partial charge in [-0.15, -0.1) is 0 Å². The van der Waals surface area contributed by atoms with Crippen LogP contribution in [0.4, 0.5) is 10.6 Å². The SMILES string of the molecule is CC(C)(C)OC(N)=O.Cc1ccc(S(=O)(=O)n2ccc3c(N(C)N4CCC5CC54)ncnc32)cc1. The minimum atomic E-state index is -3.71. The summed E-state index contributed by atoms with van der Waals surface area (Å²) < 4.78 is 32.0. The number of piperidine rings is 1. The largest absolute Gasteiger partial charge is 0.444 e. The molecule has 188 valence electrons. The third kappa shape index (κ3) is 5.25. The molecule has 11 heteroatoms. The fraction of sp³-hybridized carbons (Fsp3) is 0.458. The van der Waals surface area contributed by atoms with Crippen LogP contribution in [0.1, 0.15) is 39.2 Å². The summed E-state index contributed by atoms with van der Waals surface area (Å²) in [5.74, 6) is 1.54. The van der Waals surface area contributed by atoms with Crippen molar-refractivity contribution in [2.75, 3.05) is 18.6 Å². The molecule has 2 unspecified atom stereocenters. The van der Waals surface area contributed by atoms with E-state index in [1.165, 1.54) is 23.1 Å². The number of rotatable bonds is 4. The van der Waals surface area contributed by atoms with Gasteiger partial charge in [-0.2, -0.15) is 0 Å². The molecular formula is C24H32N6O4S. The third-order valence-corrected chi connectivity index (χ3v) is 7.78. The molecule has 1 aliphatic heterocycles. The Kier molecular flexibility index (Phi) is 6.50. The number of aryl methyl sites for hydroxylation is 1. The second-order valence-corrected chi connectivity index (χ2v) is 11.8. The number of ether oxygens (including phenoxy) is 1. The predicted molar refractivity (Wildman–Crippen MR) is 133 cm³/mol. The number of aromatic nitrogens is 3. The van der Waals surface area contributed by atoms with E-state index in [1.807, 2.05) is 14.0 Å². The van der Waals surface area contributed by atoms with Gasteiger partial charge in [0.2, 0.25) is 0 Å². The molecule has 2 fully saturated rings. The number of carbonyl (C=O) groups is 1. The summed E-state index contributed by atoms with van der Waals surface area (Å²) in [6.07, 6.45) is 4.73. The molecule has 10 nitrogen and oxygen atoms in total. The second kappa shape index (κ2) is 9.12. The minimum Gasteiger partial charge on any atom is -0.444 e. The van der Waals surface area contributed by atoms with Crippen molar-refractivity contribution in [3.8, 4) is 0 Å². The molecule has 5 rings (SSSR count). The molecular weight excluding hydrogens is 468 g/mol. The van der Waals surface area contributed by atoms with Crippen LogP contribution in [0.3, 0.4) is 0 Å². The first-order valence-corrected chi connectivity index (χ1v) is 13.0. The zero-order chi connectivity index (χ0) is 25.5. The van der Waals surface area contributed by atoms with Crippen molar-refractivity contribution in [1.29, 1.82) is 0 Å². The van der Waals surface area contributed by atoms with Crippen LogP contribution in [0, 0.1) is 12.8 Å². The highest BCUT2D eigenvalue weighted by Crippen LogP contribution is 2.45. The Morgan fingerprint density at radius 1 is 1.17 bits per heavy atom. The fourth-order valence-electron chi connectivity index (χ4n) is 4.36. The molecule has 2 aliphatic rings. The van der Waals surface area contributed by atoms with Crippen molar-refractivity contribution in [3.05, 3.63) is 48.4 Å². The van der Waals surface area contributed by atoms with E-state index in [2.05, 4.69) is 24.7 Å². The fourth-order valence-corrected chi connectivity index (χ4v) is 5.66. The smallest absolute Gasteiger partial charge is 0.405 e. The zero-order valence-corrected chi connectivity index (χ0v) is 21.5. The van der Waals surface area contributed by atoms with Crippen LogP contribution in [0.25, 0.3) is 11.0 Å². The number of anilines is 1. The molecule has 3 aromatic rings. The molecule has 3 heterocycles. The van der Waals surface area contributed by atoms with E-state index >= 15 is 0 Å². The molecule has 35 heavy (non-hydrogen) atoms. The molecule has 2 aromatic heterocycles. The lowest BCUT2D eigenvalue weighted by Gasteiger charge is -2.30. The normalized spacial score (nSPS) is 19.6. The molecule has 1 saturated carbocycles. The van der Waals surface area contributed by atoms with Gasteiger partial charge in [0.15, 0.2) is 11.5 Å². The number of hydrogen-bond donors (Lipinski definition) is 1. The molecule has 0 bridgehead atoms. The number of primary amides is 1. The number of amides is 1. The molecule has 0 radical (unpaired) electrons. The summed E-state index contributed by atoms with van der Waals surface area (Å²) in [7, 11) is -1.71. The lowest BCUT2D eigenvalue weighted by Crippen LogP contribution is -2.40. The summed E-state index contributed by atoms with van der Waals surface area (Å²) >= 11 is 0. The van der Waals surface area contributed by atoms with Crippen molar-refractivity contribution in [1.82, 2.24) is 18.9 Å². The van der Waals surface area contributed by atoms with Gasteiger partial charge in [-0.3, -0.25) is 5.01 Å². The Morgan fingerprint density at radius 3 is 2.37 bits per heavy atom. The lowest BCUT2D eigenvalue weighted by molar-refractivity contribution is 0.0600. The molecule has 1 amide bonds. The number of benzene rings is 1. The average Bonchev–Trinajstić information content (AvgIpc) is 3.20. The minimum absolute atomic E-state index is 0.250. The summed E-state index contributed by atoms with van der Waals surface area (Å²) in [5.41, 5.74) is 5.68. The van der Waals surface area contributed by atoms with E-state index in [0.29, 0.717) is 11.7 Å². The van der Waals surface area contributed by atoms with Gasteiger partial charge < -0.3 is 10.5 Å². The van der Waals surface area contributed by atoms with Crippen LogP contribution in [0.2, 0.25) is 0 Å². The lowest BCUT2D eigenvalue weighted by atomic mass is 10.2. The third-order valence-electron chi connectivity index (χ3n) is 6.10. The van der Waals surface area contributed by atoms with Crippen LogP contribution in [-0.2, 0) is 14.8 Å². The van der Waals surface area contributed by atoms with E-state index in [0.717, 1.165) is 29.2 Å². The first kappa shape index (κ1) is 24.9. The predicted octanol–water partition coefficient (Wildman–Crippen LogP) is 3.30. The quantitative estimate of drug-likeness (QED) is 0.579. The summed E-state index contributed by atoms with van der Waals surface area (Å²) in [4.78, 5) is 19.0. The Labute approximate surface area is 205 Å². The molecule has 2 atom stereocenters. The Balaban J connectivity index is 0.000000314. The number of carbonyl (C=O) groups excluding carboxylic acids is 1. The van der Waals surface area contributed by atoms with Gasteiger partial charge in [-0.05, 0) is 64.7 Å². The first-order valence-electron chi connectivity index (χ1n) is 11.5. The monoisotopic (exact) mass is 500 g/mol. The standard InChI is InChI=1S/C19H21N5O2S.C5H11NO2/c1-13-3-5-15(6-4-13)27(25,26)24-10-8-16-18(20-12-21-19(16)24)22(2)23-9-7-14-11-17(14)23;1-5(2,3)8-4(6)7/h3-6,8,10,12,14,17H,7,9,11H2,1-2H3;1-3H3,(H2,6,7). The van der Waals surface area contributed by atoms with Gasteiger partial charge >= 0.3 is 6.09 Å². The molecule has 2 N–H and O–H groups in total. The van der Waals surface area contributed by atoms with Crippen LogP contribution >= 0.6 is 0 Å². The van der Waals surface area contributed by atoms with E-state index in [-0.39, 0.29) is 4.90 Å². The molecule has 0 spiro atoms. The Morgan fingerprint density at radius 2 is 1.86 bits per heavy atom. The van der Waals surface area contributed by atoms with Gasteiger partial charge in [0.05, 0.1) is 10.3 Å². The number of hydrogen-bond acceptors (Lipinski definition) is 8. The van der Waals surface area contributed by atoms with Crippen molar-refractivity contribution >= 4 is 33.0 Å². The number of nitrogens with two attached hydrogens (primary N) is 1. The van der Waals surface area contributed by atoms with Gasteiger partial charge in [-0.1, -0.05) is 17.7 Å².